The summed E-state index contributed by atoms with van der Waals surface area (Å²) in [7, 11) is 1.81. The van der Waals surface area contributed by atoms with Gasteiger partial charge in [0.2, 0.25) is 11.8 Å². The van der Waals surface area contributed by atoms with E-state index in [1.54, 1.807) is 26.8 Å². The zero-order valence-corrected chi connectivity index (χ0v) is 15.6. The van der Waals surface area contributed by atoms with Gasteiger partial charge >= 0.3 is 0 Å². The molecule has 3 aliphatic rings. The second kappa shape index (κ2) is 5.83. The number of fused-ring (bicyclic) bond motifs is 3. The number of hydrogen-bond acceptors (Lipinski definition) is 3. The Labute approximate surface area is 153 Å². The van der Waals surface area contributed by atoms with Crippen LogP contribution >= 0.6 is 0 Å². The van der Waals surface area contributed by atoms with Gasteiger partial charge in [-0.3, -0.25) is 19.3 Å². The Bertz CT molecular complexity index is 788. The van der Waals surface area contributed by atoms with Crippen LogP contribution in [0.25, 0.3) is 0 Å². The third kappa shape index (κ3) is 2.42. The standard InChI is InChI=1S/C20H25N3O3/c1-13(14-8-9-14)21(3)18(25)12-22-19(26)15-6-4-5-7-16(15)23-17(24)10-11-20(22,23)2/h4-7,13-14H,8-12H2,1-3H3/t13-,20+/m0/s1. The SMILES string of the molecule is C[C@@H](C1CC1)N(C)C(=O)CN1C(=O)c2ccccc2N2C(=O)CC[C@]12C. The zero-order valence-electron chi connectivity index (χ0n) is 15.6. The normalized spacial score (nSPS) is 25.8. The van der Waals surface area contributed by atoms with Gasteiger partial charge in [-0.1, -0.05) is 12.1 Å². The summed E-state index contributed by atoms with van der Waals surface area (Å²) in [5, 5.41) is 0. The molecule has 1 saturated heterocycles. The number of nitrogens with zero attached hydrogens (tertiary/aromatic N) is 3. The van der Waals surface area contributed by atoms with Crippen molar-refractivity contribution in [2.24, 2.45) is 5.92 Å². The van der Waals surface area contributed by atoms with Gasteiger partial charge in [0.15, 0.2) is 0 Å². The summed E-state index contributed by atoms with van der Waals surface area (Å²) < 4.78 is 0. The van der Waals surface area contributed by atoms with Crippen molar-refractivity contribution in [1.29, 1.82) is 0 Å². The minimum absolute atomic E-state index is 0.001000. The summed E-state index contributed by atoms with van der Waals surface area (Å²) in [6.45, 7) is 3.96. The van der Waals surface area contributed by atoms with E-state index >= 15 is 0 Å². The van der Waals surface area contributed by atoms with Gasteiger partial charge in [0.1, 0.15) is 12.2 Å². The highest BCUT2D eigenvalue weighted by molar-refractivity contribution is 6.11. The maximum Gasteiger partial charge on any atom is 0.258 e. The van der Waals surface area contributed by atoms with Gasteiger partial charge in [0.05, 0.1) is 11.3 Å². The van der Waals surface area contributed by atoms with Gasteiger partial charge in [-0.2, -0.15) is 0 Å². The third-order valence-electron chi connectivity index (χ3n) is 6.35. The Morgan fingerprint density at radius 2 is 2.00 bits per heavy atom. The lowest BCUT2D eigenvalue weighted by atomic mass is 9.98. The molecule has 26 heavy (non-hydrogen) atoms. The van der Waals surface area contributed by atoms with Crippen LogP contribution in [0.3, 0.4) is 0 Å². The predicted molar refractivity (Wildman–Crippen MR) is 97.6 cm³/mol. The number of carbonyl (C=O) groups excluding carboxylic acids is 3. The van der Waals surface area contributed by atoms with Gasteiger partial charge in [-0.15, -0.1) is 0 Å². The van der Waals surface area contributed by atoms with E-state index in [1.807, 2.05) is 26.1 Å². The molecule has 2 aliphatic heterocycles. The van der Waals surface area contributed by atoms with E-state index in [0.717, 1.165) is 12.8 Å². The highest BCUT2D eigenvalue weighted by Crippen LogP contribution is 2.44. The van der Waals surface area contributed by atoms with Gasteiger partial charge in [0.25, 0.3) is 5.91 Å². The van der Waals surface area contributed by atoms with Crippen LogP contribution in [0.2, 0.25) is 0 Å². The smallest absolute Gasteiger partial charge is 0.258 e. The van der Waals surface area contributed by atoms with Crippen LogP contribution in [0.5, 0.6) is 0 Å². The second-order valence-electron chi connectivity index (χ2n) is 7.94. The number of amides is 3. The number of para-hydroxylation sites is 1. The Morgan fingerprint density at radius 1 is 1.31 bits per heavy atom. The van der Waals surface area contributed by atoms with Crippen molar-refractivity contribution in [1.82, 2.24) is 9.80 Å². The van der Waals surface area contributed by atoms with Crippen molar-refractivity contribution in [3.63, 3.8) is 0 Å². The van der Waals surface area contributed by atoms with E-state index in [0.29, 0.717) is 30.0 Å². The molecule has 1 aliphatic carbocycles. The molecule has 4 rings (SSSR count). The number of rotatable bonds is 4. The summed E-state index contributed by atoms with van der Waals surface area (Å²) in [5.41, 5.74) is 0.374. The quantitative estimate of drug-likeness (QED) is 0.832. The van der Waals surface area contributed by atoms with Gasteiger partial charge in [-0.25, -0.2) is 0 Å². The first-order chi connectivity index (χ1) is 12.3. The van der Waals surface area contributed by atoms with E-state index in [2.05, 4.69) is 6.92 Å². The Kier molecular flexibility index (Phi) is 3.82. The number of carbonyl (C=O) groups is 3. The van der Waals surface area contributed by atoms with Crippen LogP contribution in [0.15, 0.2) is 24.3 Å². The van der Waals surface area contributed by atoms with Crippen LogP contribution in [0.4, 0.5) is 5.69 Å². The van der Waals surface area contributed by atoms with Crippen molar-refractivity contribution >= 4 is 23.4 Å². The molecule has 0 radical (unpaired) electrons. The van der Waals surface area contributed by atoms with Crippen LogP contribution in [-0.4, -0.2) is 52.8 Å². The molecule has 138 valence electrons. The highest BCUT2D eigenvalue weighted by Gasteiger charge is 2.53. The summed E-state index contributed by atoms with van der Waals surface area (Å²) >= 11 is 0. The van der Waals surface area contributed by atoms with Crippen molar-refractivity contribution < 1.29 is 14.4 Å². The third-order valence-corrected chi connectivity index (χ3v) is 6.35. The van der Waals surface area contributed by atoms with E-state index in [-0.39, 0.29) is 30.3 Å². The molecule has 6 nitrogen and oxygen atoms in total. The fourth-order valence-corrected chi connectivity index (χ4v) is 4.31. The fraction of sp³-hybridized carbons (Fsp3) is 0.550. The summed E-state index contributed by atoms with van der Waals surface area (Å²) in [4.78, 5) is 43.7. The van der Waals surface area contributed by atoms with E-state index in [9.17, 15) is 14.4 Å². The summed E-state index contributed by atoms with van der Waals surface area (Å²) in [6.07, 6.45) is 3.25. The van der Waals surface area contributed by atoms with Crippen molar-refractivity contribution in [2.45, 2.75) is 51.2 Å². The average Bonchev–Trinajstić information content (AvgIpc) is 3.43. The molecule has 2 fully saturated rings. The number of likely N-dealkylation sites (N-methyl/N-ethyl adjacent to an activating group) is 1. The van der Waals surface area contributed by atoms with Crippen LogP contribution in [0.1, 0.15) is 49.9 Å². The van der Waals surface area contributed by atoms with Crippen molar-refractivity contribution in [3.8, 4) is 0 Å². The first-order valence-electron chi connectivity index (χ1n) is 9.34. The maximum absolute atomic E-state index is 13.2. The lowest BCUT2D eigenvalue weighted by Crippen LogP contribution is -2.64. The first kappa shape index (κ1) is 17.1. The average molecular weight is 355 g/mol. The van der Waals surface area contributed by atoms with Gasteiger partial charge in [0, 0.05) is 19.5 Å². The highest BCUT2D eigenvalue weighted by atomic mass is 16.2. The summed E-state index contributed by atoms with van der Waals surface area (Å²) in [5.74, 6) is 0.332. The van der Waals surface area contributed by atoms with E-state index < -0.39 is 5.66 Å². The molecule has 3 amide bonds. The van der Waals surface area contributed by atoms with Gasteiger partial charge < -0.3 is 9.80 Å². The van der Waals surface area contributed by atoms with E-state index in [4.69, 9.17) is 0 Å². The van der Waals surface area contributed by atoms with Crippen molar-refractivity contribution in [2.75, 3.05) is 18.5 Å². The minimum Gasteiger partial charge on any atom is -0.341 e. The topological polar surface area (TPSA) is 60.9 Å². The molecule has 0 bridgehead atoms. The lowest BCUT2D eigenvalue weighted by molar-refractivity contribution is -0.134. The molecule has 0 unspecified atom stereocenters. The maximum atomic E-state index is 13.2. The predicted octanol–water partition coefficient (Wildman–Crippen LogP) is 2.24. The second-order valence-corrected chi connectivity index (χ2v) is 7.94. The first-order valence-corrected chi connectivity index (χ1v) is 9.34. The minimum atomic E-state index is -0.776. The Hall–Kier alpha value is -2.37. The molecule has 1 aromatic carbocycles. The molecule has 2 atom stereocenters. The molecule has 0 aromatic heterocycles. The molecule has 6 heteroatoms. The van der Waals surface area contributed by atoms with Crippen LogP contribution in [0, 0.1) is 5.92 Å². The molecular formula is C20H25N3O3. The fourth-order valence-electron chi connectivity index (χ4n) is 4.31. The number of hydrogen-bond donors (Lipinski definition) is 0. The Balaban J connectivity index is 1.66. The van der Waals surface area contributed by atoms with Gasteiger partial charge in [-0.05, 0) is 51.2 Å². The molecule has 1 aromatic rings. The zero-order chi connectivity index (χ0) is 18.6. The largest absolute Gasteiger partial charge is 0.341 e. The molecular weight excluding hydrogens is 330 g/mol. The molecule has 1 saturated carbocycles. The van der Waals surface area contributed by atoms with Crippen LogP contribution < -0.4 is 4.90 Å². The molecule has 2 heterocycles. The van der Waals surface area contributed by atoms with Crippen molar-refractivity contribution in [3.05, 3.63) is 29.8 Å². The lowest BCUT2D eigenvalue weighted by Gasteiger charge is -2.48. The number of anilines is 1. The number of benzene rings is 1. The van der Waals surface area contributed by atoms with Crippen LogP contribution in [-0.2, 0) is 9.59 Å². The Morgan fingerprint density at radius 3 is 2.69 bits per heavy atom. The summed E-state index contributed by atoms with van der Waals surface area (Å²) in [6, 6.07) is 7.36. The van der Waals surface area contributed by atoms with E-state index in [1.165, 1.54) is 0 Å². The molecule has 0 N–H and O–H groups in total. The monoisotopic (exact) mass is 355 g/mol. The molecule has 0 spiro atoms.